The maximum absolute atomic E-state index is 11.9. The summed E-state index contributed by atoms with van der Waals surface area (Å²) in [7, 11) is 1.44. The van der Waals surface area contributed by atoms with E-state index in [1.807, 2.05) is 25.1 Å². The maximum atomic E-state index is 11.9. The number of benzene rings is 1. The fourth-order valence-electron chi connectivity index (χ4n) is 1.61. The zero-order valence-electron chi connectivity index (χ0n) is 11.4. The first kappa shape index (κ1) is 14.3. The van der Waals surface area contributed by atoms with Crippen molar-refractivity contribution >= 4 is 38.7 Å². The van der Waals surface area contributed by atoms with Gasteiger partial charge in [-0.25, -0.2) is 14.6 Å². The monoisotopic (exact) mass is 293 g/mol. The molecule has 7 heteroatoms. The van der Waals surface area contributed by atoms with Gasteiger partial charge in [-0.3, -0.25) is 5.32 Å². The average molecular weight is 293 g/mol. The molecule has 1 aromatic carbocycles. The molecule has 0 bridgehead atoms. The fraction of sp³-hybridized carbons (Fsp3) is 0.308. The summed E-state index contributed by atoms with van der Waals surface area (Å²) in [5.41, 5.74) is 1.93. The average Bonchev–Trinajstić information content (AvgIpc) is 2.77. The molecule has 0 saturated heterocycles. The normalized spacial score (nSPS) is 12.2. The third-order valence-corrected chi connectivity index (χ3v) is 3.95. The Morgan fingerprint density at radius 3 is 2.80 bits per heavy atom. The molecule has 1 aromatic heterocycles. The summed E-state index contributed by atoms with van der Waals surface area (Å²) < 4.78 is 0.981. The highest BCUT2D eigenvalue weighted by Gasteiger charge is 2.22. The van der Waals surface area contributed by atoms with E-state index < -0.39 is 18.0 Å². The lowest BCUT2D eigenvalue weighted by molar-refractivity contribution is -0.141. The quantitative estimate of drug-likeness (QED) is 0.911. The van der Waals surface area contributed by atoms with Gasteiger partial charge in [0.1, 0.15) is 6.04 Å². The number of carbonyl (C=O) groups is 2. The van der Waals surface area contributed by atoms with Crippen molar-refractivity contribution in [1.29, 1.82) is 0 Å². The number of anilines is 1. The molecule has 2 N–H and O–H groups in total. The molecule has 1 unspecified atom stereocenters. The van der Waals surface area contributed by atoms with Crippen LogP contribution in [-0.2, 0) is 4.79 Å². The minimum absolute atomic E-state index is 0.458. The van der Waals surface area contributed by atoms with Crippen LogP contribution in [0.4, 0.5) is 9.93 Å². The molecule has 0 aliphatic rings. The SMILES string of the molecule is Cc1ccc2nc(NC(=O)N(C)C(C)C(=O)O)sc2c1. The molecule has 1 heterocycles. The van der Waals surface area contributed by atoms with Crippen molar-refractivity contribution in [2.24, 2.45) is 0 Å². The lowest BCUT2D eigenvalue weighted by atomic mass is 10.2. The van der Waals surface area contributed by atoms with Gasteiger partial charge >= 0.3 is 12.0 Å². The molecule has 20 heavy (non-hydrogen) atoms. The number of carboxylic acids is 1. The van der Waals surface area contributed by atoms with Crippen LogP contribution in [0.2, 0.25) is 0 Å². The molecule has 0 aliphatic carbocycles. The molecule has 0 fully saturated rings. The second-order valence-electron chi connectivity index (χ2n) is 4.55. The second kappa shape index (κ2) is 5.46. The van der Waals surface area contributed by atoms with E-state index in [9.17, 15) is 9.59 Å². The van der Waals surface area contributed by atoms with Gasteiger partial charge in [-0.05, 0) is 31.5 Å². The summed E-state index contributed by atoms with van der Waals surface area (Å²) in [6.45, 7) is 3.43. The number of aliphatic carboxylic acids is 1. The number of fused-ring (bicyclic) bond motifs is 1. The van der Waals surface area contributed by atoms with Gasteiger partial charge in [-0.2, -0.15) is 0 Å². The van der Waals surface area contributed by atoms with E-state index in [-0.39, 0.29) is 0 Å². The number of rotatable bonds is 3. The molecule has 2 aromatic rings. The fourth-order valence-corrected chi connectivity index (χ4v) is 2.56. The number of nitrogens with zero attached hydrogens (tertiary/aromatic N) is 2. The van der Waals surface area contributed by atoms with Gasteiger partial charge in [0.05, 0.1) is 10.2 Å². The van der Waals surface area contributed by atoms with Crippen LogP contribution in [0, 0.1) is 6.92 Å². The zero-order chi connectivity index (χ0) is 14.9. The van der Waals surface area contributed by atoms with Gasteiger partial charge in [0.25, 0.3) is 0 Å². The van der Waals surface area contributed by atoms with Crippen LogP contribution in [0.25, 0.3) is 10.2 Å². The smallest absolute Gasteiger partial charge is 0.326 e. The molecule has 106 valence electrons. The minimum atomic E-state index is -1.05. The number of carboxylic acid groups (broad SMARTS) is 1. The number of carbonyl (C=O) groups excluding carboxylic acids is 1. The van der Waals surface area contributed by atoms with Crippen molar-refractivity contribution in [1.82, 2.24) is 9.88 Å². The van der Waals surface area contributed by atoms with E-state index in [1.165, 1.54) is 25.3 Å². The molecule has 2 amide bonds. The van der Waals surface area contributed by atoms with Gasteiger partial charge in [-0.1, -0.05) is 17.4 Å². The summed E-state index contributed by atoms with van der Waals surface area (Å²) >= 11 is 1.36. The number of likely N-dealkylation sites (N-methyl/N-ethyl adjacent to an activating group) is 1. The standard InChI is InChI=1S/C13H15N3O3S/c1-7-4-5-9-10(6-7)20-12(14-9)15-13(19)16(3)8(2)11(17)18/h4-6,8H,1-3H3,(H,17,18)(H,14,15,19). The Labute approximate surface area is 120 Å². The second-order valence-corrected chi connectivity index (χ2v) is 5.58. The first-order valence-electron chi connectivity index (χ1n) is 6.02. The summed E-state index contributed by atoms with van der Waals surface area (Å²) in [5, 5.41) is 12.0. The van der Waals surface area contributed by atoms with E-state index in [0.717, 1.165) is 20.7 Å². The number of nitrogens with one attached hydrogen (secondary N) is 1. The number of aromatic nitrogens is 1. The van der Waals surface area contributed by atoms with Crippen molar-refractivity contribution in [3.63, 3.8) is 0 Å². The minimum Gasteiger partial charge on any atom is -0.480 e. The predicted molar refractivity (Wildman–Crippen MR) is 78.2 cm³/mol. The van der Waals surface area contributed by atoms with Crippen LogP contribution in [-0.4, -0.2) is 40.1 Å². The summed E-state index contributed by atoms with van der Waals surface area (Å²) in [6, 6.07) is 4.45. The number of urea groups is 1. The third kappa shape index (κ3) is 2.88. The van der Waals surface area contributed by atoms with Crippen molar-refractivity contribution in [3.8, 4) is 0 Å². The molecular formula is C13H15N3O3S. The molecule has 0 radical (unpaired) electrons. The van der Waals surface area contributed by atoms with Gasteiger partial charge in [0, 0.05) is 7.05 Å². The molecule has 1 atom stereocenters. The van der Waals surface area contributed by atoms with Crippen LogP contribution in [0.15, 0.2) is 18.2 Å². The van der Waals surface area contributed by atoms with Gasteiger partial charge in [0.2, 0.25) is 0 Å². The lowest BCUT2D eigenvalue weighted by Gasteiger charge is -2.20. The molecule has 0 aliphatic heterocycles. The molecule has 2 rings (SSSR count). The maximum Gasteiger partial charge on any atom is 0.326 e. The highest BCUT2D eigenvalue weighted by Crippen LogP contribution is 2.26. The van der Waals surface area contributed by atoms with Crippen LogP contribution >= 0.6 is 11.3 Å². The first-order chi connectivity index (χ1) is 9.38. The highest BCUT2D eigenvalue weighted by atomic mass is 32.1. The zero-order valence-corrected chi connectivity index (χ0v) is 12.2. The number of hydrogen-bond acceptors (Lipinski definition) is 4. The predicted octanol–water partition coefficient (Wildman–Crippen LogP) is 2.54. The van der Waals surface area contributed by atoms with Gasteiger partial charge in [-0.15, -0.1) is 0 Å². The Balaban J connectivity index is 2.15. The topological polar surface area (TPSA) is 82.5 Å². The van der Waals surface area contributed by atoms with Crippen molar-refractivity contribution in [2.45, 2.75) is 19.9 Å². The Bertz CT molecular complexity index is 668. The third-order valence-electron chi connectivity index (χ3n) is 3.02. The Hall–Kier alpha value is -2.15. The van der Waals surface area contributed by atoms with E-state index in [4.69, 9.17) is 5.11 Å². The van der Waals surface area contributed by atoms with E-state index in [0.29, 0.717) is 5.13 Å². The Kier molecular flexibility index (Phi) is 3.89. The number of aryl methyl sites for hydroxylation is 1. The van der Waals surface area contributed by atoms with Crippen molar-refractivity contribution in [3.05, 3.63) is 23.8 Å². The number of hydrogen-bond donors (Lipinski definition) is 2. The molecule has 6 nitrogen and oxygen atoms in total. The largest absolute Gasteiger partial charge is 0.480 e. The number of amides is 2. The lowest BCUT2D eigenvalue weighted by Crippen LogP contribution is -2.42. The Morgan fingerprint density at radius 2 is 2.15 bits per heavy atom. The van der Waals surface area contributed by atoms with E-state index in [2.05, 4.69) is 10.3 Å². The first-order valence-corrected chi connectivity index (χ1v) is 6.84. The summed E-state index contributed by atoms with van der Waals surface area (Å²) in [6.07, 6.45) is 0. The van der Waals surface area contributed by atoms with Crippen LogP contribution in [0.1, 0.15) is 12.5 Å². The van der Waals surface area contributed by atoms with Crippen molar-refractivity contribution < 1.29 is 14.7 Å². The van der Waals surface area contributed by atoms with Crippen LogP contribution in [0.5, 0.6) is 0 Å². The van der Waals surface area contributed by atoms with Gasteiger partial charge in [0.15, 0.2) is 5.13 Å². The highest BCUT2D eigenvalue weighted by molar-refractivity contribution is 7.22. The Morgan fingerprint density at radius 1 is 1.45 bits per heavy atom. The van der Waals surface area contributed by atoms with Crippen LogP contribution in [0.3, 0.4) is 0 Å². The molecule has 0 saturated carbocycles. The van der Waals surface area contributed by atoms with Crippen LogP contribution < -0.4 is 5.32 Å². The molecule has 0 spiro atoms. The summed E-state index contributed by atoms with van der Waals surface area (Å²) in [5.74, 6) is -1.05. The number of thiazole rings is 1. The van der Waals surface area contributed by atoms with Gasteiger partial charge < -0.3 is 10.0 Å². The van der Waals surface area contributed by atoms with E-state index in [1.54, 1.807) is 0 Å². The van der Waals surface area contributed by atoms with E-state index >= 15 is 0 Å². The summed E-state index contributed by atoms with van der Waals surface area (Å²) in [4.78, 5) is 28.2. The molecular weight excluding hydrogens is 278 g/mol. The van der Waals surface area contributed by atoms with Crippen molar-refractivity contribution in [2.75, 3.05) is 12.4 Å².